The average molecular weight is 351 g/mol. The molecule has 1 aliphatic heterocycles. The maximum atomic E-state index is 12.7. The molecule has 0 saturated carbocycles. The van der Waals surface area contributed by atoms with Gasteiger partial charge in [-0.05, 0) is 29.8 Å². The minimum Gasteiger partial charge on any atom is -0.493 e. The van der Waals surface area contributed by atoms with Crippen molar-refractivity contribution >= 4 is 16.9 Å². The van der Waals surface area contributed by atoms with Crippen LogP contribution in [-0.4, -0.2) is 25.2 Å². The highest BCUT2D eigenvalue weighted by Crippen LogP contribution is 2.41. The van der Waals surface area contributed by atoms with E-state index in [0.717, 1.165) is 5.56 Å². The van der Waals surface area contributed by atoms with Gasteiger partial charge in [0.15, 0.2) is 11.5 Å². The number of carbonyl (C=O) groups is 1. The summed E-state index contributed by atoms with van der Waals surface area (Å²) >= 11 is 0. The third-order valence-corrected chi connectivity index (χ3v) is 4.65. The number of benzene rings is 2. The first-order valence-electron chi connectivity index (χ1n) is 8.20. The Balaban J connectivity index is 1.95. The second kappa shape index (κ2) is 6.22. The topological polar surface area (TPSA) is 77.6 Å². The predicted octanol–water partition coefficient (Wildman–Crippen LogP) is 2.99. The number of fused-ring (bicyclic) bond motifs is 3. The summed E-state index contributed by atoms with van der Waals surface area (Å²) in [6.45, 7) is 0. The molecule has 2 heterocycles. The first-order valence-corrected chi connectivity index (χ1v) is 8.20. The van der Waals surface area contributed by atoms with E-state index in [0.29, 0.717) is 33.7 Å². The van der Waals surface area contributed by atoms with Crippen molar-refractivity contribution in [2.45, 2.75) is 12.3 Å². The van der Waals surface area contributed by atoms with Crippen LogP contribution in [0.4, 0.5) is 0 Å². The lowest BCUT2D eigenvalue weighted by Crippen LogP contribution is -2.28. The molecule has 132 valence electrons. The lowest BCUT2D eigenvalue weighted by Gasteiger charge is -2.25. The van der Waals surface area contributed by atoms with Crippen LogP contribution in [0.2, 0.25) is 0 Å². The van der Waals surface area contributed by atoms with Crippen LogP contribution in [0.3, 0.4) is 0 Å². The smallest absolute Gasteiger partial charge is 0.312 e. The molecule has 1 unspecified atom stereocenters. The van der Waals surface area contributed by atoms with E-state index in [2.05, 4.69) is 4.98 Å². The van der Waals surface area contributed by atoms with Gasteiger partial charge in [0.2, 0.25) is 0 Å². The largest absolute Gasteiger partial charge is 0.493 e. The number of hydrogen-bond donors (Lipinski definition) is 1. The number of hydrogen-bond acceptors (Lipinski definition) is 5. The molecule has 0 radical (unpaired) electrons. The van der Waals surface area contributed by atoms with Crippen molar-refractivity contribution in [3.63, 3.8) is 0 Å². The van der Waals surface area contributed by atoms with Crippen LogP contribution in [0.5, 0.6) is 17.2 Å². The van der Waals surface area contributed by atoms with Gasteiger partial charge >= 0.3 is 5.97 Å². The fraction of sp³-hybridized carbons (Fsp3) is 0.200. The molecule has 6 nitrogen and oxygen atoms in total. The van der Waals surface area contributed by atoms with Gasteiger partial charge in [-0.1, -0.05) is 18.2 Å². The Labute approximate surface area is 149 Å². The van der Waals surface area contributed by atoms with Crippen molar-refractivity contribution in [2.24, 2.45) is 0 Å². The number of carbonyl (C=O) groups excluding carboxylic acids is 1. The molecular weight excluding hydrogens is 334 g/mol. The summed E-state index contributed by atoms with van der Waals surface area (Å²) in [6.07, 6.45) is 0.0872. The number of aromatic nitrogens is 1. The normalized spacial score (nSPS) is 16.1. The zero-order valence-electron chi connectivity index (χ0n) is 14.4. The van der Waals surface area contributed by atoms with E-state index < -0.39 is 5.92 Å². The Morgan fingerprint density at radius 2 is 1.81 bits per heavy atom. The standard InChI is InChI=1S/C20H17NO5/c1-24-15-8-7-11(9-16(15)25-2)13-10-17(22)26-19-12-5-3-4-6-14(12)21-20(23)18(13)19/h3-9,13H,10H2,1-2H3,(H,21,23). The van der Waals surface area contributed by atoms with Crippen molar-refractivity contribution in [2.75, 3.05) is 14.2 Å². The van der Waals surface area contributed by atoms with Crippen LogP contribution >= 0.6 is 0 Å². The van der Waals surface area contributed by atoms with Crippen LogP contribution in [-0.2, 0) is 4.79 Å². The molecule has 0 amide bonds. The molecule has 2 aromatic carbocycles. The van der Waals surface area contributed by atoms with Gasteiger partial charge in [-0.25, -0.2) is 0 Å². The van der Waals surface area contributed by atoms with Gasteiger partial charge in [0.1, 0.15) is 5.75 Å². The van der Waals surface area contributed by atoms with Gasteiger partial charge in [0, 0.05) is 11.3 Å². The van der Waals surface area contributed by atoms with E-state index >= 15 is 0 Å². The molecule has 0 saturated heterocycles. The monoisotopic (exact) mass is 351 g/mol. The molecule has 1 atom stereocenters. The molecule has 0 aliphatic carbocycles. The summed E-state index contributed by atoms with van der Waals surface area (Å²) in [6, 6.07) is 12.7. The quantitative estimate of drug-likeness (QED) is 0.734. The van der Waals surface area contributed by atoms with Gasteiger partial charge in [-0.3, -0.25) is 9.59 Å². The highest BCUT2D eigenvalue weighted by Gasteiger charge is 2.33. The van der Waals surface area contributed by atoms with E-state index in [4.69, 9.17) is 14.2 Å². The van der Waals surface area contributed by atoms with Gasteiger partial charge in [0.25, 0.3) is 5.56 Å². The Kier molecular flexibility index (Phi) is 3.88. The molecule has 0 fully saturated rings. The number of ether oxygens (including phenoxy) is 3. The summed E-state index contributed by atoms with van der Waals surface area (Å²) in [5.74, 6) is 0.679. The molecule has 3 aromatic rings. The Morgan fingerprint density at radius 1 is 1.04 bits per heavy atom. The van der Waals surface area contributed by atoms with Crippen molar-refractivity contribution in [1.29, 1.82) is 0 Å². The van der Waals surface area contributed by atoms with Crippen LogP contribution in [0, 0.1) is 0 Å². The molecule has 0 bridgehead atoms. The highest BCUT2D eigenvalue weighted by molar-refractivity contribution is 5.91. The maximum Gasteiger partial charge on any atom is 0.312 e. The van der Waals surface area contributed by atoms with E-state index in [1.807, 2.05) is 24.3 Å². The Morgan fingerprint density at radius 3 is 2.58 bits per heavy atom. The van der Waals surface area contributed by atoms with E-state index in [9.17, 15) is 9.59 Å². The van der Waals surface area contributed by atoms with Crippen molar-refractivity contribution in [3.8, 4) is 17.2 Å². The Bertz CT molecular complexity index is 1070. The maximum absolute atomic E-state index is 12.7. The van der Waals surface area contributed by atoms with Gasteiger partial charge in [-0.15, -0.1) is 0 Å². The summed E-state index contributed by atoms with van der Waals surface area (Å²) in [5.41, 5.74) is 1.62. The predicted molar refractivity (Wildman–Crippen MR) is 96.2 cm³/mol. The van der Waals surface area contributed by atoms with Crippen molar-refractivity contribution < 1.29 is 19.0 Å². The highest BCUT2D eigenvalue weighted by atomic mass is 16.5. The van der Waals surface area contributed by atoms with Gasteiger partial charge < -0.3 is 19.2 Å². The van der Waals surface area contributed by atoms with Crippen LogP contribution in [0.1, 0.15) is 23.5 Å². The minimum absolute atomic E-state index is 0.0872. The lowest BCUT2D eigenvalue weighted by molar-refractivity contribution is -0.135. The first-order chi connectivity index (χ1) is 12.6. The third-order valence-electron chi connectivity index (χ3n) is 4.65. The molecule has 0 spiro atoms. The summed E-state index contributed by atoms with van der Waals surface area (Å²) in [7, 11) is 3.10. The minimum atomic E-state index is -0.417. The molecular formula is C20H17NO5. The molecule has 1 N–H and O–H groups in total. The van der Waals surface area contributed by atoms with Crippen molar-refractivity contribution in [3.05, 3.63) is 63.9 Å². The van der Waals surface area contributed by atoms with Crippen LogP contribution in [0.25, 0.3) is 10.9 Å². The zero-order chi connectivity index (χ0) is 18.3. The number of para-hydroxylation sites is 1. The SMILES string of the molecule is COc1ccc(C2CC(=O)Oc3c2c(=O)[nH]c2ccccc32)cc1OC. The van der Waals surface area contributed by atoms with E-state index in [1.165, 1.54) is 0 Å². The summed E-state index contributed by atoms with van der Waals surface area (Å²) in [5, 5.41) is 0.709. The van der Waals surface area contributed by atoms with Gasteiger partial charge in [0.05, 0.1) is 31.7 Å². The molecule has 6 heteroatoms. The number of pyridine rings is 1. The van der Waals surface area contributed by atoms with Crippen LogP contribution < -0.4 is 19.8 Å². The number of methoxy groups -OCH3 is 2. The van der Waals surface area contributed by atoms with E-state index in [-0.39, 0.29) is 17.9 Å². The molecule has 1 aromatic heterocycles. The van der Waals surface area contributed by atoms with Crippen LogP contribution in [0.15, 0.2) is 47.3 Å². The fourth-order valence-corrected chi connectivity index (χ4v) is 3.43. The molecule has 4 rings (SSSR count). The number of rotatable bonds is 3. The Hall–Kier alpha value is -3.28. The molecule has 1 aliphatic rings. The first kappa shape index (κ1) is 16.2. The number of nitrogens with one attached hydrogen (secondary N) is 1. The summed E-state index contributed by atoms with van der Waals surface area (Å²) in [4.78, 5) is 27.9. The van der Waals surface area contributed by atoms with Crippen molar-refractivity contribution in [1.82, 2.24) is 4.98 Å². The molecule has 26 heavy (non-hydrogen) atoms. The number of aromatic amines is 1. The lowest BCUT2D eigenvalue weighted by atomic mass is 9.86. The second-order valence-electron chi connectivity index (χ2n) is 6.09. The fourth-order valence-electron chi connectivity index (χ4n) is 3.43. The number of H-pyrrole nitrogens is 1. The number of esters is 1. The average Bonchev–Trinajstić information content (AvgIpc) is 2.66. The van der Waals surface area contributed by atoms with Gasteiger partial charge in [-0.2, -0.15) is 0 Å². The second-order valence-corrected chi connectivity index (χ2v) is 6.09. The summed E-state index contributed by atoms with van der Waals surface area (Å²) < 4.78 is 16.1. The third kappa shape index (κ3) is 2.50. The van der Waals surface area contributed by atoms with E-state index in [1.54, 1.807) is 32.4 Å². The zero-order valence-corrected chi connectivity index (χ0v) is 14.4.